The molecule has 19 heavy (non-hydrogen) atoms. The van der Waals surface area contributed by atoms with Gasteiger partial charge in [-0.2, -0.15) is 0 Å². The SMILES string of the molecule is CC(C)C1CCC(O)C(Cc2ccc(F)cc2F)C1. The molecule has 106 valence electrons. The quantitative estimate of drug-likeness (QED) is 0.880. The number of hydrogen-bond acceptors (Lipinski definition) is 1. The molecule has 0 spiro atoms. The zero-order chi connectivity index (χ0) is 14.0. The molecular formula is C16H22F2O. The van der Waals surface area contributed by atoms with E-state index in [0.717, 1.165) is 25.3 Å². The first-order valence-electron chi connectivity index (χ1n) is 7.09. The highest BCUT2D eigenvalue weighted by Gasteiger charge is 2.31. The lowest BCUT2D eigenvalue weighted by atomic mass is 9.73. The number of rotatable bonds is 3. The van der Waals surface area contributed by atoms with Gasteiger partial charge in [-0.15, -0.1) is 0 Å². The largest absolute Gasteiger partial charge is 0.393 e. The minimum Gasteiger partial charge on any atom is -0.393 e. The fourth-order valence-corrected chi connectivity index (χ4v) is 3.08. The monoisotopic (exact) mass is 268 g/mol. The van der Waals surface area contributed by atoms with Crippen molar-refractivity contribution in [2.75, 3.05) is 0 Å². The average molecular weight is 268 g/mol. The topological polar surface area (TPSA) is 20.2 Å². The van der Waals surface area contributed by atoms with Gasteiger partial charge < -0.3 is 5.11 Å². The Balaban J connectivity index is 2.07. The van der Waals surface area contributed by atoms with E-state index >= 15 is 0 Å². The standard InChI is InChI=1S/C16H22F2O/c1-10(2)11-4-6-16(19)13(7-11)8-12-3-5-14(17)9-15(12)18/h3,5,9-11,13,16,19H,4,6-8H2,1-2H3. The molecule has 1 N–H and O–H groups in total. The van der Waals surface area contributed by atoms with Crippen molar-refractivity contribution in [1.29, 1.82) is 0 Å². The Bertz CT molecular complexity index is 431. The van der Waals surface area contributed by atoms with E-state index in [1.165, 1.54) is 12.1 Å². The van der Waals surface area contributed by atoms with Crippen LogP contribution in [0.2, 0.25) is 0 Å². The van der Waals surface area contributed by atoms with Gasteiger partial charge in [-0.25, -0.2) is 8.78 Å². The van der Waals surface area contributed by atoms with Gasteiger partial charge in [0.25, 0.3) is 0 Å². The van der Waals surface area contributed by atoms with Gasteiger partial charge in [0.2, 0.25) is 0 Å². The third kappa shape index (κ3) is 3.53. The molecule has 0 amide bonds. The fourth-order valence-electron chi connectivity index (χ4n) is 3.08. The van der Waals surface area contributed by atoms with Crippen LogP contribution in [0.25, 0.3) is 0 Å². The van der Waals surface area contributed by atoms with Crippen molar-refractivity contribution in [3.8, 4) is 0 Å². The van der Waals surface area contributed by atoms with Crippen LogP contribution in [0.4, 0.5) is 8.78 Å². The summed E-state index contributed by atoms with van der Waals surface area (Å²) in [6, 6.07) is 3.70. The molecule has 0 aromatic heterocycles. The second-order valence-electron chi connectivity index (χ2n) is 6.08. The molecule has 0 aliphatic heterocycles. The summed E-state index contributed by atoms with van der Waals surface area (Å²) in [5.41, 5.74) is 0.509. The first-order chi connectivity index (χ1) is 8.97. The maximum atomic E-state index is 13.7. The Morgan fingerprint density at radius 1 is 1.26 bits per heavy atom. The Labute approximate surface area is 113 Å². The van der Waals surface area contributed by atoms with Gasteiger partial charge in [0.1, 0.15) is 11.6 Å². The summed E-state index contributed by atoms with van der Waals surface area (Å²) in [5.74, 6) is 0.218. The third-order valence-electron chi connectivity index (χ3n) is 4.42. The third-order valence-corrected chi connectivity index (χ3v) is 4.42. The van der Waals surface area contributed by atoms with Crippen LogP contribution in [0.1, 0.15) is 38.7 Å². The number of halogens is 2. The summed E-state index contributed by atoms with van der Waals surface area (Å²) in [6.45, 7) is 4.38. The van der Waals surface area contributed by atoms with Gasteiger partial charge in [-0.05, 0) is 55.1 Å². The molecule has 3 unspecified atom stereocenters. The predicted molar refractivity (Wildman–Crippen MR) is 71.7 cm³/mol. The molecule has 0 radical (unpaired) electrons. The van der Waals surface area contributed by atoms with Gasteiger partial charge in [-0.3, -0.25) is 0 Å². The predicted octanol–water partition coefficient (Wildman–Crippen LogP) is 3.94. The highest BCUT2D eigenvalue weighted by molar-refractivity contribution is 5.19. The van der Waals surface area contributed by atoms with E-state index in [-0.39, 0.29) is 12.0 Å². The van der Waals surface area contributed by atoms with E-state index in [1.807, 2.05) is 0 Å². The molecule has 1 nitrogen and oxygen atoms in total. The van der Waals surface area contributed by atoms with Gasteiger partial charge in [-0.1, -0.05) is 19.9 Å². The van der Waals surface area contributed by atoms with Crippen LogP contribution in [-0.2, 0) is 6.42 Å². The van der Waals surface area contributed by atoms with Crippen LogP contribution in [0.15, 0.2) is 18.2 Å². The molecule has 1 fully saturated rings. The Kier molecular flexibility index (Phi) is 4.56. The van der Waals surface area contributed by atoms with Gasteiger partial charge in [0.05, 0.1) is 6.10 Å². The average Bonchev–Trinajstić information content (AvgIpc) is 2.34. The maximum Gasteiger partial charge on any atom is 0.129 e. The number of hydrogen-bond donors (Lipinski definition) is 1. The Morgan fingerprint density at radius 2 is 2.00 bits per heavy atom. The van der Waals surface area contributed by atoms with E-state index in [9.17, 15) is 13.9 Å². The summed E-state index contributed by atoms with van der Waals surface area (Å²) in [5, 5.41) is 10.1. The van der Waals surface area contributed by atoms with Crippen molar-refractivity contribution in [2.45, 2.75) is 45.6 Å². The molecule has 1 aliphatic rings. The van der Waals surface area contributed by atoms with Crippen LogP contribution in [0.3, 0.4) is 0 Å². The zero-order valence-corrected chi connectivity index (χ0v) is 11.6. The van der Waals surface area contributed by atoms with E-state index in [4.69, 9.17) is 0 Å². The molecular weight excluding hydrogens is 246 g/mol. The van der Waals surface area contributed by atoms with Crippen LogP contribution < -0.4 is 0 Å². The highest BCUT2D eigenvalue weighted by Crippen LogP contribution is 2.35. The van der Waals surface area contributed by atoms with Crippen molar-refractivity contribution in [3.63, 3.8) is 0 Å². The molecule has 2 rings (SSSR count). The first kappa shape index (κ1) is 14.4. The van der Waals surface area contributed by atoms with Crippen molar-refractivity contribution in [1.82, 2.24) is 0 Å². The fraction of sp³-hybridized carbons (Fsp3) is 0.625. The normalized spacial score (nSPS) is 27.8. The number of aliphatic hydroxyl groups excluding tert-OH is 1. The van der Waals surface area contributed by atoms with Crippen LogP contribution in [0, 0.1) is 29.4 Å². The molecule has 0 saturated heterocycles. The summed E-state index contributed by atoms with van der Waals surface area (Å²) >= 11 is 0. The van der Waals surface area contributed by atoms with Crippen molar-refractivity contribution in [2.24, 2.45) is 17.8 Å². The molecule has 0 heterocycles. The number of benzene rings is 1. The van der Waals surface area contributed by atoms with Crippen LogP contribution in [0.5, 0.6) is 0 Å². The maximum absolute atomic E-state index is 13.7. The molecule has 1 saturated carbocycles. The zero-order valence-electron chi connectivity index (χ0n) is 11.6. The van der Waals surface area contributed by atoms with Gasteiger partial charge in [0.15, 0.2) is 0 Å². The molecule has 3 atom stereocenters. The lowest BCUT2D eigenvalue weighted by Gasteiger charge is -2.35. The smallest absolute Gasteiger partial charge is 0.129 e. The minimum absolute atomic E-state index is 0.0844. The van der Waals surface area contributed by atoms with Crippen LogP contribution in [-0.4, -0.2) is 11.2 Å². The second kappa shape index (κ2) is 6.00. The van der Waals surface area contributed by atoms with E-state index < -0.39 is 11.6 Å². The Morgan fingerprint density at radius 3 is 2.63 bits per heavy atom. The molecule has 1 aromatic carbocycles. The summed E-state index contributed by atoms with van der Waals surface area (Å²) < 4.78 is 26.5. The van der Waals surface area contributed by atoms with E-state index in [1.54, 1.807) is 0 Å². The first-order valence-corrected chi connectivity index (χ1v) is 7.09. The summed E-state index contributed by atoms with van der Waals surface area (Å²) in [4.78, 5) is 0. The lowest BCUT2D eigenvalue weighted by molar-refractivity contribution is 0.0375. The van der Waals surface area contributed by atoms with Gasteiger partial charge >= 0.3 is 0 Å². The highest BCUT2D eigenvalue weighted by atomic mass is 19.1. The summed E-state index contributed by atoms with van der Waals surface area (Å²) in [7, 11) is 0. The number of aliphatic hydroxyl groups is 1. The van der Waals surface area contributed by atoms with Crippen molar-refractivity contribution < 1.29 is 13.9 Å². The van der Waals surface area contributed by atoms with Gasteiger partial charge in [0, 0.05) is 6.07 Å². The lowest BCUT2D eigenvalue weighted by Crippen LogP contribution is -2.32. The van der Waals surface area contributed by atoms with E-state index in [2.05, 4.69) is 13.8 Å². The molecule has 1 aliphatic carbocycles. The van der Waals surface area contributed by atoms with Crippen molar-refractivity contribution in [3.05, 3.63) is 35.4 Å². The molecule has 3 heteroatoms. The summed E-state index contributed by atoms with van der Waals surface area (Å²) in [6.07, 6.45) is 2.89. The minimum atomic E-state index is -0.550. The van der Waals surface area contributed by atoms with E-state index in [0.29, 0.717) is 23.8 Å². The molecule has 0 bridgehead atoms. The Hall–Kier alpha value is -0.960. The molecule has 1 aromatic rings. The van der Waals surface area contributed by atoms with Crippen LogP contribution >= 0.6 is 0 Å². The second-order valence-corrected chi connectivity index (χ2v) is 6.08. The van der Waals surface area contributed by atoms with Crippen molar-refractivity contribution >= 4 is 0 Å².